The van der Waals surface area contributed by atoms with Gasteiger partial charge in [-0.1, -0.05) is 38.6 Å². The van der Waals surface area contributed by atoms with Crippen molar-refractivity contribution in [2.45, 2.75) is 79.0 Å². The number of fused-ring (bicyclic) bond motifs is 1. The van der Waals surface area contributed by atoms with Gasteiger partial charge in [-0.3, -0.25) is 4.98 Å². The number of piperazine rings is 1. The number of benzene rings is 1. The number of rotatable bonds is 5. The van der Waals surface area contributed by atoms with Crippen molar-refractivity contribution in [3.8, 4) is 16.9 Å². The van der Waals surface area contributed by atoms with Crippen molar-refractivity contribution in [2.24, 2.45) is 0 Å². The van der Waals surface area contributed by atoms with Gasteiger partial charge in [-0.25, -0.2) is 27.9 Å². The molecule has 1 aliphatic rings. The smallest absolute Gasteiger partial charge is 0.410 e. The molecule has 9 nitrogen and oxygen atoms in total. The minimum absolute atomic E-state index is 0.0611. The quantitative estimate of drug-likeness (QED) is 0.234. The Labute approximate surface area is 267 Å². The van der Waals surface area contributed by atoms with Gasteiger partial charge in [-0.15, -0.1) is 0 Å². The fraction of sp³-hybridized carbons (Fsp3) is 0.400. The first-order valence-corrected chi connectivity index (χ1v) is 15.4. The summed E-state index contributed by atoms with van der Waals surface area (Å²) >= 11 is 0. The van der Waals surface area contributed by atoms with Crippen LogP contribution in [0.2, 0.25) is 0 Å². The van der Waals surface area contributed by atoms with Gasteiger partial charge in [-0.05, 0) is 76.8 Å². The van der Waals surface area contributed by atoms with Gasteiger partial charge in [0, 0.05) is 36.9 Å². The number of nitrogens with zero attached hydrogens (tertiary/aromatic N) is 6. The Morgan fingerprint density at radius 1 is 1.09 bits per heavy atom. The highest BCUT2D eigenvalue weighted by molar-refractivity contribution is 5.91. The van der Waals surface area contributed by atoms with Crippen LogP contribution < -0.4 is 10.6 Å². The zero-order valence-corrected chi connectivity index (χ0v) is 27.6. The van der Waals surface area contributed by atoms with Crippen LogP contribution >= 0.6 is 0 Å². The number of pyridine rings is 2. The number of halogens is 2. The Balaban J connectivity index is 1.79. The number of hydrogen-bond donors (Lipinski definition) is 0. The van der Waals surface area contributed by atoms with Gasteiger partial charge in [0.15, 0.2) is 11.5 Å². The fourth-order valence-electron chi connectivity index (χ4n) is 6.14. The van der Waals surface area contributed by atoms with Crippen LogP contribution in [0.4, 0.5) is 19.4 Å². The highest BCUT2D eigenvalue weighted by atomic mass is 19.1. The van der Waals surface area contributed by atoms with Gasteiger partial charge >= 0.3 is 11.8 Å². The van der Waals surface area contributed by atoms with Crippen molar-refractivity contribution in [2.75, 3.05) is 18.0 Å². The lowest BCUT2D eigenvalue weighted by atomic mass is 10.0. The lowest BCUT2D eigenvalue weighted by molar-refractivity contribution is 0.0192. The largest absolute Gasteiger partial charge is 0.444 e. The third kappa shape index (κ3) is 5.98. The monoisotopic (exact) mass is 630 g/mol. The van der Waals surface area contributed by atoms with Crippen LogP contribution in [0, 0.1) is 18.6 Å². The number of hydrogen-bond acceptors (Lipinski definition) is 7. The lowest BCUT2D eigenvalue weighted by Gasteiger charge is -2.45. The van der Waals surface area contributed by atoms with Crippen molar-refractivity contribution >= 4 is 29.0 Å². The summed E-state index contributed by atoms with van der Waals surface area (Å²) in [7, 11) is 0. The van der Waals surface area contributed by atoms with Gasteiger partial charge in [0.25, 0.3) is 0 Å². The van der Waals surface area contributed by atoms with Gasteiger partial charge in [0.2, 0.25) is 0 Å². The topological polar surface area (TPSA) is 93.5 Å². The first kappa shape index (κ1) is 32.7. The van der Waals surface area contributed by atoms with Crippen LogP contribution in [-0.2, 0) is 4.74 Å². The van der Waals surface area contributed by atoms with E-state index in [9.17, 15) is 9.59 Å². The number of carbonyl (C=O) groups is 1. The molecule has 0 saturated carbocycles. The molecule has 0 radical (unpaired) electrons. The highest BCUT2D eigenvalue weighted by Gasteiger charge is 2.36. The molecule has 1 amide bonds. The molecule has 1 aromatic carbocycles. The van der Waals surface area contributed by atoms with E-state index < -0.39 is 29.0 Å². The summed E-state index contributed by atoms with van der Waals surface area (Å²) in [5.74, 6) is -1.31. The van der Waals surface area contributed by atoms with Gasteiger partial charge < -0.3 is 14.5 Å². The van der Waals surface area contributed by atoms with Crippen molar-refractivity contribution in [1.29, 1.82) is 0 Å². The molecule has 0 N–H and O–H groups in total. The van der Waals surface area contributed by atoms with Crippen LogP contribution in [0.1, 0.15) is 71.2 Å². The predicted octanol–water partition coefficient (Wildman–Crippen LogP) is 7.03. The highest BCUT2D eigenvalue weighted by Crippen LogP contribution is 2.36. The molecule has 1 fully saturated rings. The van der Waals surface area contributed by atoms with E-state index in [0.29, 0.717) is 16.9 Å². The molecule has 4 heterocycles. The first-order chi connectivity index (χ1) is 21.6. The van der Waals surface area contributed by atoms with E-state index >= 15 is 8.78 Å². The molecule has 46 heavy (non-hydrogen) atoms. The average molecular weight is 631 g/mol. The maximum atomic E-state index is 16.2. The van der Waals surface area contributed by atoms with E-state index in [1.54, 1.807) is 23.2 Å². The van der Waals surface area contributed by atoms with Crippen molar-refractivity contribution in [3.63, 3.8) is 0 Å². The Hall–Kier alpha value is -4.67. The molecule has 0 bridgehead atoms. The zero-order chi connectivity index (χ0) is 33.7. The van der Waals surface area contributed by atoms with Crippen molar-refractivity contribution < 1.29 is 18.3 Å². The van der Waals surface area contributed by atoms with Gasteiger partial charge in [0.05, 0.1) is 16.8 Å². The van der Waals surface area contributed by atoms with Gasteiger partial charge in [0.1, 0.15) is 22.9 Å². The maximum absolute atomic E-state index is 16.2. The molecular formula is C35H40F2N6O3. The van der Waals surface area contributed by atoms with E-state index in [0.717, 1.165) is 5.56 Å². The van der Waals surface area contributed by atoms with Crippen LogP contribution in [0.3, 0.4) is 0 Å². The minimum Gasteiger partial charge on any atom is -0.444 e. The second kappa shape index (κ2) is 12.3. The second-order valence-corrected chi connectivity index (χ2v) is 13.2. The maximum Gasteiger partial charge on any atom is 0.410 e. The molecule has 0 spiro atoms. The Morgan fingerprint density at radius 3 is 2.37 bits per heavy atom. The van der Waals surface area contributed by atoms with Crippen molar-refractivity contribution in [1.82, 2.24) is 24.4 Å². The summed E-state index contributed by atoms with van der Waals surface area (Å²) in [4.78, 5) is 44.5. The number of amides is 1. The summed E-state index contributed by atoms with van der Waals surface area (Å²) in [6.45, 7) is 19.4. The molecule has 0 unspecified atom stereocenters. The molecule has 2 atom stereocenters. The summed E-state index contributed by atoms with van der Waals surface area (Å²) < 4.78 is 38.5. The van der Waals surface area contributed by atoms with Crippen LogP contribution in [0.5, 0.6) is 0 Å². The zero-order valence-electron chi connectivity index (χ0n) is 27.6. The second-order valence-electron chi connectivity index (χ2n) is 13.2. The molecule has 4 aromatic rings. The van der Waals surface area contributed by atoms with E-state index in [-0.39, 0.29) is 59.2 Å². The number of aryl methyl sites for hydroxylation is 1. The van der Waals surface area contributed by atoms with E-state index in [2.05, 4.69) is 16.5 Å². The number of anilines is 1. The number of carbonyl (C=O) groups excluding carboxylic acids is 1. The summed E-state index contributed by atoms with van der Waals surface area (Å²) in [6.07, 6.45) is 2.67. The SMILES string of the molecule is C=Cc1cccc(F)c1-c1nc2c(cc1F)c(N1[C@@H](C)CN(C(=O)OC(C)(C)C)C[C@@H]1C)nc(=O)n2-c1c(C)ccnc1C(C)C. The molecule has 242 valence electrons. The Bertz CT molecular complexity index is 1890. The van der Waals surface area contributed by atoms with Crippen LogP contribution in [-0.4, -0.2) is 61.3 Å². The van der Waals surface area contributed by atoms with E-state index in [4.69, 9.17) is 9.72 Å². The molecule has 3 aromatic heterocycles. The normalized spacial score (nSPS) is 17.1. The number of ether oxygens (including phenoxy) is 1. The Kier molecular flexibility index (Phi) is 8.72. The predicted molar refractivity (Wildman–Crippen MR) is 176 cm³/mol. The third-order valence-electron chi connectivity index (χ3n) is 8.04. The average Bonchev–Trinajstić information content (AvgIpc) is 2.96. The van der Waals surface area contributed by atoms with Crippen LogP contribution in [0.15, 0.2) is 47.9 Å². The Morgan fingerprint density at radius 2 is 1.76 bits per heavy atom. The molecule has 1 aliphatic heterocycles. The first-order valence-electron chi connectivity index (χ1n) is 15.4. The van der Waals surface area contributed by atoms with Crippen LogP contribution in [0.25, 0.3) is 34.1 Å². The third-order valence-corrected chi connectivity index (χ3v) is 8.04. The van der Waals surface area contributed by atoms with E-state index in [1.165, 1.54) is 28.8 Å². The summed E-state index contributed by atoms with van der Waals surface area (Å²) in [6, 6.07) is 6.76. The summed E-state index contributed by atoms with van der Waals surface area (Å²) in [5.41, 5.74) is 0.717. The lowest BCUT2D eigenvalue weighted by Crippen LogP contribution is -2.59. The molecule has 11 heteroatoms. The summed E-state index contributed by atoms with van der Waals surface area (Å²) in [5, 5.41) is 0.264. The fourth-order valence-corrected chi connectivity index (χ4v) is 6.14. The molecule has 1 saturated heterocycles. The standard InChI is InChI=1S/C35H40F2N6O3/c1-10-23-12-11-13-25(36)27(23)29-26(37)16-24-31(39-29)43(30-20(4)14-15-38-28(30)19(2)3)33(44)40-32(24)42-21(5)17-41(18-22(42)6)34(45)46-35(7,8)9/h10-16,19,21-22H,1,17-18H2,2-9H3/t21-,22-/m0/s1. The molecule has 0 aliphatic carbocycles. The van der Waals surface area contributed by atoms with Crippen molar-refractivity contribution in [3.05, 3.63) is 82.0 Å². The van der Waals surface area contributed by atoms with Gasteiger partial charge in [-0.2, -0.15) is 4.98 Å². The molecular weight excluding hydrogens is 590 g/mol. The van der Waals surface area contributed by atoms with E-state index in [1.807, 2.05) is 60.3 Å². The number of aromatic nitrogens is 4. The minimum atomic E-state index is -0.784. The molecule has 5 rings (SSSR count).